The molecule has 0 saturated carbocycles. The van der Waals surface area contributed by atoms with Gasteiger partial charge in [-0.2, -0.15) is 8.88 Å². The van der Waals surface area contributed by atoms with Crippen molar-refractivity contribution in [1.82, 2.24) is 19.5 Å². The Morgan fingerprint density at radius 3 is 2.27 bits per heavy atom. The quantitative estimate of drug-likeness (QED) is 0.0747. The molecule has 3 aromatic heterocycles. The van der Waals surface area contributed by atoms with E-state index in [0.717, 1.165) is 6.33 Å². The number of nitrogens with zero attached hydrogens (tertiary/aromatic N) is 5. The van der Waals surface area contributed by atoms with Gasteiger partial charge in [0.05, 0.1) is 19.5 Å². The molecule has 0 radical (unpaired) electrons. The molecule has 2 aliphatic rings. The number of carbonyl (C=O) groups excluding carboxylic acids is 1. The fourth-order valence-corrected chi connectivity index (χ4v) is 6.67. The van der Waals surface area contributed by atoms with Crippen LogP contribution in [-0.4, -0.2) is 105 Å². The van der Waals surface area contributed by atoms with Crippen LogP contribution in [0.1, 0.15) is 22.8 Å². The van der Waals surface area contributed by atoms with E-state index >= 15 is 0 Å². The second-order valence-corrected chi connectivity index (χ2v) is 12.7. The van der Waals surface area contributed by atoms with Crippen molar-refractivity contribution in [2.75, 3.05) is 18.9 Å². The lowest BCUT2D eigenvalue weighted by molar-refractivity contribution is -0.765. The molecule has 2 saturated heterocycles. The fraction of sp³-hybridized carbons (Fsp3) is 0.476. The van der Waals surface area contributed by atoms with Gasteiger partial charge in [-0.15, -0.1) is 0 Å². The number of hydrogen-bond acceptors (Lipinski definition) is 16. The van der Waals surface area contributed by atoms with Crippen LogP contribution in [0, 0.1) is 0 Å². The molecule has 2 unspecified atom stereocenters. The van der Waals surface area contributed by atoms with Gasteiger partial charge < -0.3 is 51.2 Å². The van der Waals surface area contributed by atoms with Crippen LogP contribution in [0.4, 0.5) is 5.82 Å². The van der Waals surface area contributed by atoms with Crippen molar-refractivity contribution >= 4 is 38.5 Å². The summed E-state index contributed by atoms with van der Waals surface area (Å²) in [6.45, 7) is -1.80. The monoisotopic (exact) mass is 664 g/mol. The lowest BCUT2D eigenvalue weighted by Crippen LogP contribution is -2.46. The summed E-state index contributed by atoms with van der Waals surface area (Å²) in [5.41, 5.74) is 11.4. The van der Waals surface area contributed by atoms with Gasteiger partial charge in [0.15, 0.2) is 36.2 Å². The van der Waals surface area contributed by atoms with Gasteiger partial charge >= 0.3 is 15.6 Å². The Morgan fingerprint density at radius 1 is 0.977 bits per heavy atom. The van der Waals surface area contributed by atoms with Gasteiger partial charge in [-0.3, -0.25) is 18.4 Å². The number of rotatable bonds is 11. The van der Waals surface area contributed by atoms with Gasteiger partial charge in [0.2, 0.25) is 0 Å². The van der Waals surface area contributed by atoms with Crippen LogP contribution >= 0.6 is 15.6 Å². The number of amides is 1. The summed E-state index contributed by atoms with van der Waals surface area (Å²) in [6.07, 6.45) is -6.85. The molecule has 2 aliphatic heterocycles. The summed E-state index contributed by atoms with van der Waals surface area (Å²) >= 11 is 0. The summed E-state index contributed by atoms with van der Waals surface area (Å²) in [4.78, 5) is 43.3. The van der Waals surface area contributed by atoms with E-state index in [0.29, 0.717) is 0 Å². The molecule has 23 heteroatoms. The number of aliphatic hydroxyl groups is 4. The molecule has 0 spiro atoms. The summed E-state index contributed by atoms with van der Waals surface area (Å²) in [6, 6.07) is 2.83. The minimum atomic E-state index is -5.37. The first-order valence-corrected chi connectivity index (χ1v) is 15.6. The number of nitrogens with two attached hydrogens (primary N) is 2. The van der Waals surface area contributed by atoms with Gasteiger partial charge in [-0.1, -0.05) is 0 Å². The van der Waals surface area contributed by atoms with Crippen LogP contribution in [0.15, 0.2) is 37.2 Å². The Balaban J connectivity index is 1.16. The van der Waals surface area contributed by atoms with E-state index in [1.165, 1.54) is 40.0 Å². The zero-order valence-electron chi connectivity index (χ0n) is 22.2. The molecule has 0 aromatic carbocycles. The van der Waals surface area contributed by atoms with Gasteiger partial charge in [-0.25, -0.2) is 24.1 Å². The predicted molar refractivity (Wildman–Crippen MR) is 139 cm³/mol. The van der Waals surface area contributed by atoms with E-state index in [1.54, 1.807) is 0 Å². The zero-order chi connectivity index (χ0) is 32.0. The summed E-state index contributed by atoms with van der Waals surface area (Å²) in [7, 11) is -10.7. The highest BCUT2D eigenvalue weighted by Crippen LogP contribution is 2.60. The van der Waals surface area contributed by atoms with Crippen LogP contribution in [0.3, 0.4) is 0 Å². The van der Waals surface area contributed by atoms with Crippen LogP contribution in [0.5, 0.6) is 0 Å². The average Bonchev–Trinajstić information content (AvgIpc) is 3.61. The maximum Gasteiger partial charge on any atom is 0.481 e. The van der Waals surface area contributed by atoms with Crippen LogP contribution < -0.4 is 16.0 Å². The van der Waals surface area contributed by atoms with E-state index in [-0.39, 0.29) is 22.5 Å². The molecular formula is C21H28N7O14P2+. The number of aliphatic hydroxyl groups excluding tert-OH is 4. The maximum absolute atomic E-state index is 12.4. The molecule has 5 heterocycles. The van der Waals surface area contributed by atoms with Crippen molar-refractivity contribution in [3.05, 3.63) is 42.7 Å². The lowest BCUT2D eigenvalue weighted by Gasteiger charge is -2.20. The number of anilines is 1. The number of primary amides is 1. The number of pyridine rings is 1. The molecule has 0 bridgehead atoms. The third-order valence-electron chi connectivity index (χ3n) is 6.75. The highest BCUT2D eigenvalue weighted by Gasteiger charge is 2.50. The van der Waals surface area contributed by atoms with E-state index in [1.807, 2.05) is 0 Å². The lowest BCUT2D eigenvalue weighted by atomic mass is 10.1. The number of phosphoric ester groups is 2. The number of phosphoric acid groups is 2. The molecule has 2 fully saturated rings. The Bertz CT molecular complexity index is 1630. The average molecular weight is 664 g/mol. The third-order valence-corrected chi connectivity index (χ3v) is 9.35. The van der Waals surface area contributed by atoms with Crippen molar-refractivity contribution in [1.29, 1.82) is 0 Å². The zero-order valence-corrected chi connectivity index (χ0v) is 24.0. The number of fused-ring (bicyclic) bond motifs is 1. The van der Waals surface area contributed by atoms with Gasteiger partial charge in [0, 0.05) is 6.07 Å². The molecule has 21 nitrogen and oxygen atoms in total. The van der Waals surface area contributed by atoms with Crippen LogP contribution in [0.2, 0.25) is 0 Å². The first kappa shape index (κ1) is 32.4. The third kappa shape index (κ3) is 6.65. The molecule has 3 aromatic rings. The van der Waals surface area contributed by atoms with Crippen LogP contribution in [-0.2, 0) is 32.0 Å². The molecule has 10 N–H and O–H groups in total. The van der Waals surface area contributed by atoms with Gasteiger partial charge in [0.1, 0.15) is 47.9 Å². The first-order valence-electron chi connectivity index (χ1n) is 12.6. The highest BCUT2D eigenvalue weighted by atomic mass is 31.3. The number of aromatic nitrogens is 5. The minimum Gasteiger partial charge on any atom is -0.387 e. The smallest absolute Gasteiger partial charge is 0.387 e. The Hall–Kier alpha value is -3.01. The molecular weight excluding hydrogens is 636 g/mol. The van der Waals surface area contributed by atoms with Crippen molar-refractivity contribution < 1.29 is 71.5 Å². The Morgan fingerprint density at radius 2 is 1.61 bits per heavy atom. The summed E-state index contributed by atoms with van der Waals surface area (Å²) in [5.74, 6) is -0.714. The second-order valence-electron chi connectivity index (χ2n) is 9.69. The number of imidazole rings is 1. The van der Waals surface area contributed by atoms with E-state index in [4.69, 9.17) is 25.5 Å². The second kappa shape index (κ2) is 12.4. The number of nitrogen functional groups attached to an aromatic ring is 1. The highest BCUT2D eigenvalue weighted by molar-refractivity contribution is 7.61. The summed E-state index contributed by atoms with van der Waals surface area (Å²) < 4.78 is 52.0. The fourth-order valence-electron chi connectivity index (χ4n) is 4.58. The van der Waals surface area contributed by atoms with Crippen molar-refractivity contribution in [3.8, 4) is 0 Å². The molecule has 1 amide bonds. The van der Waals surface area contributed by atoms with E-state index in [2.05, 4.69) is 23.8 Å². The normalized spacial score (nSPS) is 31.6. The molecule has 5 rings (SSSR count). The molecule has 240 valence electrons. The SMILES string of the molecule is NC(=O)c1ccc[n+]([C@@H]2O[C@@H](COP(=O)(O)OP(=O)(O)OC[C@H]3O[C@@H](n4cnc5c(N)ncnc54)[C@H](O)[C@@H]3O)[C@H](O)[C@@H]2O)c1. The Kier molecular flexibility index (Phi) is 9.13. The standard InChI is InChI=1S/C21H27N7O14P2/c22-17-12-19(25-7-24-17)28(8-26-12)21-16(32)14(30)11(41-21)6-39-44(36,37)42-43(34,35)38-5-10-13(29)15(31)20(40-10)27-3-1-2-9(4-27)18(23)33/h1-4,7-8,10-11,13-16,20-21,29-32H,5-6H2,(H5-,22,23,24,25,33,34,35,36,37)/p+1/t10-,11+,13-,14+,15-,16+,20+,21+/m0/s1. The maximum atomic E-state index is 12.4. The minimum absolute atomic E-state index is 0.0505. The number of ether oxygens (including phenoxy) is 2. The number of hydrogen-bond donors (Lipinski definition) is 8. The van der Waals surface area contributed by atoms with Crippen molar-refractivity contribution in [2.45, 2.75) is 49.1 Å². The van der Waals surface area contributed by atoms with Gasteiger partial charge in [-0.05, 0) is 6.07 Å². The van der Waals surface area contributed by atoms with Crippen molar-refractivity contribution in [2.24, 2.45) is 5.73 Å². The van der Waals surface area contributed by atoms with Crippen LogP contribution in [0.25, 0.3) is 11.2 Å². The van der Waals surface area contributed by atoms with E-state index in [9.17, 15) is 44.1 Å². The molecule has 0 aliphatic carbocycles. The topological polar surface area (TPSA) is 318 Å². The first-order chi connectivity index (χ1) is 20.7. The Labute approximate surface area is 246 Å². The largest absolute Gasteiger partial charge is 0.481 e. The number of carbonyl (C=O) groups is 1. The van der Waals surface area contributed by atoms with E-state index < -0.39 is 83.8 Å². The molecule has 10 atom stereocenters. The molecule has 44 heavy (non-hydrogen) atoms. The predicted octanol–water partition coefficient (Wildman–Crippen LogP) is -3.02. The van der Waals surface area contributed by atoms with Gasteiger partial charge in [0.25, 0.3) is 12.1 Å². The van der Waals surface area contributed by atoms with Crippen molar-refractivity contribution in [3.63, 3.8) is 0 Å². The summed E-state index contributed by atoms with van der Waals surface area (Å²) in [5, 5.41) is 41.6.